The van der Waals surface area contributed by atoms with Crippen molar-refractivity contribution >= 4 is 23.5 Å². The zero-order chi connectivity index (χ0) is 26.7. The molecule has 0 radical (unpaired) electrons. The number of nitrogens with zero attached hydrogens (tertiary/aromatic N) is 2. The molecule has 0 amide bonds. The quantitative estimate of drug-likeness (QED) is 0.163. The standard InChI is InChI=1S/C15H10N2O2.C8H18O4.C3H8O2/c18-10-16-14-7-3-1-5-12(14)9-13-6-2-4-8-15(13)17-11-19;9-3-1-5-11-7-8-12-6-2-4-10;4-2-1-3-5/h1-8H,9H2;9-10H,1-8H2;4-5H,1-3H2. The van der Waals surface area contributed by atoms with Crippen molar-refractivity contribution in [2.45, 2.75) is 25.7 Å². The summed E-state index contributed by atoms with van der Waals surface area (Å²) >= 11 is 0. The van der Waals surface area contributed by atoms with E-state index >= 15 is 0 Å². The summed E-state index contributed by atoms with van der Waals surface area (Å²) in [5, 5.41) is 32.6. The van der Waals surface area contributed by atoms with Crippen LogP contribution in [0.15, 0.2) is 58.5 Å². The molecule has 0 unspecified atom stereocenters. The van der Waals surface area contributed by atoms with Gasteiger partial charge in [0.1, 0.15) is 0 Å². The van der Waals surface area contributed by atoms with Crippen LogP contribution in [0.2, 0.25) is 0 Å². The highest BCUT2D eigenvalue weighted by molar-refractivity contribution is 5.59. The Kier molecular flexibility index (Phi) is 22.9. The zero-order valence-electron chi connectivity index (χ0n) is 20.4. The third kappa shape index (κ3) is 17.4. The maximum Gasteiger partial charge on any atom is 0.240 e. The van der Waals surface area contributed by atoms with Gasteiger partial charge in [-0.2, -0.15) is 9.98 Å². The molecule has 2 aromatic rings. The van der Waals surface area contributed by atoms with Crippen LogP contribution in [0.25, 0.3) is 0 Å². The van der Waals surface area contributed by atoms with E-state index in [0.717, 1.165) is 11.1 Å². The van der Waals surface area contributed by atoms with Gasteiger partial charge in [0.05, 0.1) is 24.6 Å². The Labute approximate surface area is 211 Å². The van der Waals surface area contributed by atoms with E-state index in [9.17, 15) is 9.59 Å². The number of benzene rings is 2. The SMILES string of the molecule is O=C=Nc1ccccc1Cc1ccccc1N=C=O.OCCCO.OCCCOCCOCCCO. The summed E-state index contributed by atoms with van der Waals surface area (Å²) < 4.78 is 10.2. The fourth-order valence-corrected chi connectivity index (χ4v) is 2.57. The molecule has 0 spiro atoms. The van der Waals surface area contributed by atoms with Gasteiger partial charge in [0.25, 0.3) is 0 Å². The zero-order valence-corrected chi connectivity index (χ0v) is 20.4. The van der Waals surface area contributed by atoms with Crippen LogP contribution in [0.1, 0.15) is 30.4 Å². The monoisotopic (exact) mass is 504 g/mol. The molecular formula is C26H36N2O8. The predicted molar refractivity (Wildman–Crippen MR) is 135 cm³/mol. The Morgan fingerprint density at radius 2 is 0.972 bits per heavy atom. The van der Waals surface area contributed by atoms with Gasteiger partial charge in [-0.3, -0.25) is 0 Å². The minimum absolute atomic E-state index is 0.0938. The molecule has 198 valence electrons. The minimum atomic E-state index is 0.0938. The highest BCUT2D eigenvalue weighted by Crippen LogP contribution is 2.26. The van der Waals surface area contributed by atoms with E-state index in [1.807, 2.05) is 24.3 Å². The van der Waals surface area contributed by atoms with Crippen LogP contribution in [-0.2, 0) is 25.5 Å². The summed E-state index contributed by atoms with van der Waals surface area (Å²) in [5.74, 6) is 0. The van der Waals surface area contributed by atoms with Crippen molar-refractivity contribution in [3.05, 3.63) is 59.7 Å². The van der Waals surface area contributed by atoms with Crippen molar-refractivity contribution in [3.63, 3.8) is 0 Å². The van der Waals surface area contributed by atoms with Crippen molar-refractivity contribution < 1.29 is 39.5 Å². The average molecular weight is 505 g/mol. The summed E-state index contributed by atoms with van der Waals surface area (Å²) in [4.78, 5) is 28.1. The largest absolute Gasteiger partial charge is 0.396 e. The van der Waals surface area contributed by atoms with Gasteiger partial charge in [-0.25, -0.2) is 9.59 Å². The third-order valence-electron chi connectivity index (χ3n) is 4.28. The van der Waals surface area contributed by atoms with Crippen LogP contribution < -0.4 is 0 Å². The van der Waals surface area contributed by atoms with E-state index in [2.05, 4.69) is 9.98 Å². The fourth-order valence-electron chi connectivity index (χ4n) is 2.57. The first-order valence-corrected chi connectivity index (χ1v) is 11.6. The summed E-state index contributed by atoms with van der Waals surface area (Å²) in [6.07, 6.45) is 5.46. The predicted octanol–water partition coefficient (Wildman–Crippen LogP) is 2.36. The van der Waals surface area contributed by atoms with Crippen molar-refractivity contribution in [2.24, 2.45) is 9.98 Å². The van der Waals surface area contributed by atoms with Crippen molar-refractivity contribution in [1.29, 1.82) is 0 Å². The number of isocyanates is 2. The Morgan fingerprint density at radius 3 is 1.31 bits per heavy atom. The molecular weight excluding hydrogens is 468 g/mol. The smallest absolute Gasteiger partial charge is 0.240 e. The minimum Gasteiger partial charge on any atom is -0.396 e. The van der Waals surface area contributed by atoms with Crippen LogP contribution in [0.5, 0.6) is 0 Å². The number of hydrogen-bond acceptors (Lipinski definition) is 10. The van der Waals surface area contributed by atoms with Crippen LogP contribution in [-0.4, -0.2) is 85.4 Å². The first kappa shape index (κ1) is 33.0. The van der Waals surface area contributed by atoms with E-state index < -0.39 is 0 Å². The molecule has 0 fully saturated rings. The van der Waals surface area contributed by atoms with E-state index in [1.165, 1.54) is 12.2 Å². The molecule has 2 rings (SSSR count). The Morgan fingerprint density at radius 1 is 0.583 bits per heavy atom. The molecule has 0 bridgehead atoms. The molecule has 10 heteroatoms. The summed E-state index contributed by atoms with van der Waals surface area (Å²) in [7, 11) is 0. The Hall–Kier alpha value is -3.04. The van der Waals surface area contributed by atoms with Crippen molar-refractivity contribution in [2.75, 3.05) is 52.9 Å². The molecule has 2 aromatic carbocycles. The number of carbonyl (C=O) groups excluding carboxylic acids is 2. The lowest BCUT2D eigenvalue weighted by Gasteiger charge is -2.06. The second-order valence-corrected chi connectivity index (χ2v) is 7.02. The number of aliphatic hydroxyl groups is 4. The first-order chi connectivity index (χ1) is 17.7. The molecule has 0 saturated carbocycles. The molecule has 0 aliphatic heterocycles. The molecule has 10 nitrogen and oxygen atoms in total. The second-order valence-electron chi connectivity index (χ2n) is 7.02. The third-order valence-corrected chi connectivity index (χ3v) is 4.28. The van der Waals surface area contributed by atoms with E-state index in [4.69, 9.17) is 29.9 Å². The first-order valence-electron chi connectivity index (χ1n) is 11.6. The Balaban J connectivity index is 0.000000617. The van der Waals surface area contributed by atoms with Gasteiger partial charge in [0.2, 0.25) is 12.2 Å². The molecule has 36 heavy (non-hydrogen) atoms. The second kappa shape index (κ2) is 25.1. The van der Waals surface area contributed by atoms with Gasteiger partial charge in [-0.15, -0.1) is 0 Å². The Bertz CT molecular complexity index is 826. The number of aliphatic hydroxyl groups excluding tert-OH is 4. The lowest BCUT2D eigenvalue weighted by atomic mass is 10.0. The summed E-state index contributed by atoms with van der Waals surface area (Å²) in [6.45, 7) is 2.82. The van der Waals surface area contributed by atoms with Gasteiger partial charge in [-0.05, 0) is 42.5 Å². The van der Waals surface area contributed by atoms with Gasteiger partial charge in [0, 0.05) is 46.1 Å². The van der Waals surface area contributed by atoms with Crippen LogP contribution >= 0.6 is 0 Å². The van der Waals surface area contributed by atoms with E-state index in [0.29, 0.717) is 63.5 Å². The maximum absolute atomic E-state index is 10.4. The molecule has 4 N–H and O–H groups in total. The molecule has 0 saturated heterocycles. The van der Waals surface area contributed by atoms with Gasteiger partial charge in [-0.1, -0.05) is 36.4 Å². The van der Waals surface area contributed by atoms with Crippen LogP contribution in [0.4, 0.5) is 11.4 Å². The summed E-state index contributed by atoms with van der Waals surface area (Å²) in [5.41, 5.74) is 2.89. The number of ether oxygens (including phenoxy) is 2. The van der Waals surface area contributed by atoms with Gasteiger partial charge in [0.15, 0.2) is 0 Å². The van der Waals surface area contributed by atoms with Crippen molar-refractivity contribution in [1.82, 2.24) is 0 Å². The fraction of sp³-hybridized carbons (Fsp3) is 0.462. The lowest BCUT2D eigenvalue weighted by Crippen LogP contribution is -2.07. The van der Waals surface area contributed by atoms with Crippen LogP contribution in [0, 0.1) is 0 Å². The van der Waals surface area contributed by atoms with Crippen molar-refractivity contribution in [3.8, 4) is 0 Å². The number of hydrogen-bond donors (Lipinski definition) is 4. The molecule has 0 heterocycles. The lowest BCUT2D eigenvalue weighted by molar-refractivity contribution is 0.0380. The maximum atomic E-state index is 10.4. The highest BCUT2D eigenvalue weighted by Gasteiger charge is 2.06. The number of para-hydroxylation sites is 2. The van der Waals surface area contributed by atoms with Crippen LogP contribution in [0.3, 0.4) is 0 Å². The molecule has 0 aliphatic rings. The molecule has 0 aliphatic carbocycles. The average Bonchev–Trinajstić information content (AvgIpc) is 2.89. The van der Waals surface area contributed by atoms with E-state index in [1.54, 1.807) is 24.3 Å². The van der Waals surface area contributed by atoms with Gasteiger partial charge >= 0.3 is 0 Å². The normalized spacial score (nSPS) is 9.56. The van der Waals surface area contributed by atoms with Gasteiger partial charge < -0.3 is 29.9 Å². The molecule has 0 aromatic heterocycles. The molecule has 0 atom stereocenters. The number of rotatable bonds is 15. The van der Waals surface area contributed by atoms with E-state index in [-0.39, 0.29) is 26.4 Å². The highest BCUT2D eigenvalue weighted by atomic mass is 16.5. The topological polar surface area (TPSA) is 158 Å². The summed E-state index contributed by atoms with van der Waals surface area (Å²) in [6, 6.07) is 14.6. The number of aliphatic imine (C=N–C) groups is 2.